The summed E-state index contributed by atoms with van der Waals surface area (Å²) in [6, 6.07) is 5.23. The monoisotopic (exact) mass is 381 g/mol. The second-order valence-electron chi connectivity index (χ2n) is 7.01. The molecule has 1 N–H and O–H groups in total. The minimum absolute atomic E-state index is 0.274. The average Bonchev–Trinajstić information content (AvgIpc) is 3.34. The summed E-state index contributed by atoms with van der Waals surface area (Å²) >= 11 is 0. The van der Waals surface area contributed by atoms with Crippen LogP contribution in [0, 0.1) is 6.92 Å². The number of fused-ring (bicyclic) bond motifs is 3. The molecule has 0 atom stereocenters. The van der Waals surface area contributed by atoms with Gasteiger partial charge in [0.25, 0.3) is 0 Å². The average molecular weight is 381 g/mol. The summed E-state index contributed by atoms with van der Waals surface area (Å²) in [7, 11) is 0. The molecular weight excluding hydrogens is 367 g/mol. The maximum Gasteiger partial charge on any atom is 0.416 e. The van der Waals surface area contributed by atoms with Crippen molar-refractivity contribution >= 4 is 16.7 Å². The van der Waals surface area contributed by atoms with E-state index in [1.807, 2.05) is 6.20 Å². The predicted molar refractivity (Wildman–Crippen MR) is 99.4 cm³/mol. The fourth-order valence-corrected chi connectivity index (χ4v) is 3.73. The number of aromatic hydroxyl groups is 1. The number of rotatable bonds is 2. The van der Waals surface area contributed by atoms with Crippen molar-refractivity contribution in [1.82, 2.24) is 14.8 Å². The molecule has 0 radical (unpaired) electrons. The van der Waals surface area contributed by atoms with Gasteiger partial charge in [0.2, 0.25) is 0 Å². The zero-order chi connectivity index (χ0) is 19.6. The van der Waals surface area contributed by atoms with E-state index < -0.39 is 17.5 Å². The van der Waals surface area contributed by atoms with Gasteiger partial charge < -0.3 is 5.11 Å². The second kappa shape index (κ2) is 5.58. The summed E-state index contributed by atoms with van der Waals surface area (Å²) in [6.07, 6.45) is 4.49. The van der Waals surface area contributed by atoms with Crippen LogP contribution in [0.3, 0.4) is 0 Å². The number of phenolic OH excluding ortho intramolecular Hbond substituents is 1. The van der Waals surface area contributed by atoms with E-state index in [1.165, 1.54) is 18.1 Å². The fraction of sp³-hybridized carbons (Fsp3) is 0.143. The van der Waals surface area contributed by atoms with Crippen LogP contribution in [-0.2, 0) is 6.18 Å². The van der Waals surface area contributed by atoms with Gasteiger partial charge in [0.1, 0.15) is 5.75 Å². The molecule has 5 rings (SSSR count). The van der Waals surface area contributed by atoms with E-state index in [4.69, 9.17) is 0 Å². The van der Waals surface area contributed by atoms with E-state index in [0.717, 1.165) is 29.6 Å². The molecule has 28 heavy (non-hydrogen) atoms. The number of alkyl halides is 3. The minimum Gasteiger partial charge on any atom is -0.507 e. The molecule has 2 aliphatic rings. The maximum absolute atomic E-state index is 13.0. The summed E-state index contributed by atoms with van der Waals surface area (Å²) < 4.78 is 40.6. The molecule has 0 fully saturated rings. The number of benzene rings is 1. The number of phenols is 1. The number of aryl methyl sites for hydroxylation is 1. The van der Waals surface area contributed by atoms with Crippen molar-refractivity contribution < 1.29 is 18.3 Å². The van der Waals surface area contributed by atoms with Crippen LogP contribution in [0.25, 0.3) is 28.0 Å². The SMILES string of the molecule is Cc1cc(C(F)(F)F)cc(O)c1-c1ccc2cn(C3=C4C=CC(=C3)C4)nc2n1. The Morgan fingerprint density at radius 3 is 2.61 bits per heavy atom. The third kappa shape index (κ3) is 2.54. The quantitative estimate of drug-likeness (QED) is 0.660. The Labute approximate surface area is 157 Å². The molecule has 7 heteroatoms. The lowest BCUT2D eigenvalue weighted by molar-refractivity contribution is -0.137. The van der Waals surface area contributed by atoms with Gasteiger partial charge in [0.15, 0.2) is 5.65 Å². The van der Waals surface area contributed by atoms with Gasteiger partial charge in [-0.25, -0.2) is 9.67 Å². The normalized spacial score (nSPS) is 15.8. The Balaban J connectivity index is 1.60. The van der Waals surface area contributed by atoms with E-state index in [9.17, 15) is 18.3 Å². The smallest absolute Gasteiger partial charge is 0.416 e. The Hall–Kier alpha value is -3.35. The van der Waals surface area contributed by atoms with Gasteiger partial charge in [-0.3, -0.25) is 0 Å². The molecule has 0 spiro atoms. The van der Waals surface area contributed by atoms with Crippen LogP contribution in [0.5, 0.6) is 5.75 Å². The standard InChI is InChI=1S/C21H14F3N3O/c1-11-6-15(21(22,23)24)9-18(28)19(11)16-5-4-14-10-27(26-20(14)25-16)17-8-12-2-3-13(17)7-12/h2-6,8-10,28H,7H2,1H3. The van der Waals surface area contributed by atoms with Gasteiger partial charge in [-0.2, -0.15) is 13.2 Å². The molecule has 3 aromatic rings. The first kappa shape index (κ1) is 16.8. The van der Waals surface area contributed by atoms with Crippen LogP contribution in [0.4, 0.5) is 13.2 Å². The Morgan fingerprint density at radius 1 is 1.14 bits per heavy atom. The third-order valence-electron chi connectivity index (χ3n) is 5.06. The fourth-order valence-electron chi connectivity index (χ4n) is 3.73. The molecular formula is C21H14F3N3O. The van der Waals surface area contributed by atoms with Crippen molar-refractivity contribution in [2.24, 2.45) is 0 Å². The van der Waals surface area contributed by atoms with Crippen molar-refractivity contribution in [3.63, 3.8) is 0 Å². The highest BCUT2D eigenvalue weighted by Gasteiger charge is 2.32. The summed E-state index contributed by atoms with van der Waals surface area (Å²) in [6.45, 7) is 1.52. The molecule has 2 bridgehead atoms. The molecule has 0 amide bonds. The van der Waals surface area contributed by atoms with Crippen LogP contribution >= 0.6 is 0 Å². The molecule has 4 nitrogen and oxygen atoms in total. The summed E-state index contributed by atoms with van der Waals surface area (Å²) in [5.41, 5.74) is 3.97. The summed E-state index contributed by atoms with van der Waals surface area (Å²) in [5.74, 6) is -0.452. The Bertz CT molecular complexity index is 1220. The first-order valence-electron chi connectivity index (χ1n) is 8.69. The first-order chi connectivity index (χ1) is 13.3. The van der Waals surface area contributed by atoms with Crippen molar-refractivity contribution in [2.75, 3.05) is 0 Å². The highest BCUT2D eigenvalue weighted by molar-refractivity contribution is 5.83. The predicted octanol–water partition coefficient (Wildman–Crippen LogP) is 5.24. The zero-order valence-corrected chi connectivity index (χ0v) is 14.7. The van der Waals surface area contributed by atoms with Crippen LogP contribution in [-0.4, -0.2) is 19.9 Å². The molecule has 0 saturated heterocycles. The van der Waals surface area contributed by atoms with Gasteiger partial charge in [0.05, 0.1) is 17.0 Å². The molecule has 2 aromatic heterocycles. The highest BCUT2D eigenvalue weighted by Crippen LogP contribution is 2.39. The Morgan fingerprint density at radius 2 is 1.96 bits per heavy atom. The van der Waals surface area contributed by atoms with Gasteiger partial charge in [-0.1, -0.05) is 12.2 Å². The van der Waals surface area contributed by atoms with Crippen molar-refractivity contribution in [3.8, 4) is 17.0 Å². The number of allylic oxidation sites excluding steroid dienone is 6. The molecule has 2 aliphatic carbocycles. The Kier molecular flexibility index (Phi) is 3.34. The largest absolute Gasteiger partial charge is 0.507 e. The van der Waals surface area contributed by atoms with Crippen LogP contribution in [0.2, 0.25) is 0 Å². The molecule has 1 aromatic carbocycles. The number of hydrogen-bond acceptors (Lipinski definition) is 3. The van der Waals surface area contributed by atoms with Gasteiger partial charge in [-0.15, -0.1) is 5.10 Å². The molecule has 140 valence electrons. The minimum atomic E-state index is -4.52. The summed E-state index contributed by atoms with van der Waals surface area (Å²) in [4.78, 5) is 4.48. The number of pyridine rings is 1. The van der Waals surface area contributed by atoms with Crippen molar-refractivity contribution in [1.29, 1.82) is 0 Å². The van der Waals surface area contributed by atoms with Gasteiger partial charge in [-0.05, 0) is 60.4 Å². The number of nitrogens with zero attached hydrogens (tertiary/aromatic N) is 3. The maximum atomic E-state index is 13.0. The number of aromatic nitrogens is 3. The third-order valence-corrected chi connectivity index (χ3v) is 5.06. The van der Waals surface area contributed by atoms with E-state index in [-0.39, 0.29) is 5.56 Å². The first-order valence-corrected chi connectivity index (χ1v) is 8.69. The van der Waals surface area contributed by atoms with Crippen LogP contribution in [0.15, 0.2) is 59.8 Å². The molecule has 0 aliphatic heterocycles. The number of hydrogen-bond donors (Lipinski definition) is 1. The highest BCUT2D eigenvalue weighted by atomic mass is 19.4. The van der Waals surface area contributed by atoms with Crippen molar-refractivity contribution in [3.05, 3.63) is 71.0 Å². The molecule has 0 saturated carbocycles. The van der Waals surface area contributed by atoms with Crippen molar-refractivity contribution in [2.45, 2.75) is 19.5 Å². The lowest BCUT2D eigenvalue weighted by atomic mass is 10.00. The van der Waals surface area contributed by atoms with Crippen LogP contribution < -0.4 is 0 Å². The topological polar surface area (TPSA) is 50.9 Å². The molecule has 0 unspecified atom stereocenters. The van der Waals surface area contributed by atoms with E-state index in [2.05, 4.69) is 28.3 Å². The zero-order valence-electron chi connectivity index (χ0n) is 14.7. The summed E-state index contributed by atoms with van der Waals surface area (Å²) in [5, 5.41) is 15.6. The van der Waals surface area contributed by atoms with Gasteiger partial charge in [0, 0.05) is 17.1 Å². The van der Waals surface area contributed by atoms with E-state index in [0.29, 0.717) is 16.9 Å². The van der Waals surface area contributed by atoms with E-state index in [1.54, 1.807) is 16.8 Å². The second-order valence-corrected chi connectivity index (χ2v) is 7.01. The molecule has 2 heterocycles. The lowest BCUT2D eigenvalue weighted by Crippen LogP contribution is -2.05. The number of halogens is 3. The lowest BCUT2D eigenvalue weighted by Gasteiger charge is -2.13. The van der Waals surface area contributed by atoms with Gasteiger partial charge >= 0.3 is 6.18 Å². The van der Waals surface area contributed by atoms with E-state index >= 15 is 0 Å². The van der Waals surface area contributed by atoms with Crippen LogP contribution in [0.1, 0.15) is 17.5 Å².